The van der Waals surface area contributed by atoms with Crippen LogP contribution in [0, 0.1) is 0 Å². The Morgan fingerprint density at radius 3 is 1.90 bits per heavy atom. The van der Waals surface area contributed by atoms with Crippen molar-refractivity contribution in [2.75, 3.05) is 0 Å². The van der Waals surface area contributed by atoms with Crippen LogP contribution < -0.4 is 0 Å². The Bertz CT molecular complexity index is 613. The second-order valence-electron chi connectivity index (χ2n) is 4.65. The second kappa shape index (κ2) is 6.10. The number of hydrogen-bond acceptors (Lipinski definition) is 2. The number of aliphatic hydroxyl groups excluding tert-OH is 1. The van der Waals surface area contributed by atoms with Crippen LogP contribution in [0.15, 0.2) is 48.5 Å². The molecule has 2 aromatic carbocycles. The van der Waals surface area contributed by atoms with Crippen molar-refractivity contribution in [3.8, 4) is 0 Å². The zero-order valence-electron chi connectivity index (χ0n) is 11.0. The Kier molecular flexibility index (Phi) is 4.43. The predicted molar refractivity (Wildman–Crippen MR) is 71.8 cm³/mol. The molecule has 0 unspecified atom stereocenters. The first kappa shape index (κ1) is 15.3. The highest BCUT2D eigenvalue weighted by Crippen LogP contribution is 2.29. The van der Waals surface area contributed by atoms with E-state index in [0.29, 0.717) is 0 Å². The Labute approximate surface area is 119 Å². The zero-order chi connectivity index (χ0) is 15.5. The molecule has 0 fully saturated rings. The van der Waals surface area contributed by atoms with E-state index in [0.717, 1.165) is 23.3 Å². The first-order chi connectivity index (χ1) is 9.90. The van der Waals surface area contributed by atoms with Gasteiger partial charge in [-0.2, -0.15) is 13.2 Å². The SMILES string of the molecule is O=C(Cc1ccc(CO)cc1)c1ccc(C(F)(F)F)cc1. The first-order valence-electron chi connectivity index (χ1n) is 6.29. The third-order valence-electron chi connectivity index (χ3n) is 3.10. The number of rotatable bonds is 4. The molecule has 0 spiro atoms. The molecular weight excluding hydrogens is 281 g/mol. The van der Waals surface area contributed by atoms with E-state index in [-0.39, 0.29) is 24.4 Å². The van der Waals surface area contributed by atoms with E-state index in [1.165, 1.54) is 12.1 Å². The molecule has 1 N–H and O–H groups in total. The van der Waals surface area contributed by atoms with Gasteiger partial charge in [0.2, 0.25) is 0 Å². The summed E-state index contributed by atoms with van der Waals surface area (Å²) in [5.74, 6) is -0.250. The molecule has 110 valence electrons. The van der Waals surface area contributed by atoms with Crippen LogP contribution in [-0.2, 0) is 19.2 Å². The molecular formula is C16H13F3O2. The fourth-order valence-corrected chi connectivity index (χ4v) is 1.90. The van der Waals surface area contributed by atoms with Crippen LogP contribution >= 0.6 is 0 Å². The fraction of sp³-hybridized carbons (Fsp3) is 0.188. The van der Waals surface area contributed by atoms with Crippen molar-refractivity contribution in [1.29, 1.82) is 0 Å². The Balaban J connectivity index is 2.09. The van der Waals surface area contributed by atoms with Gasteiger partial charge in [-0.3, -0.25) is 4.79 Å². The van der Waals surface area contributed by atoms with E-state index in [1.807, 2.05) is 0 Å². The van der Waals surface area contributed by atoms with Crippen molar-refractivity contribution >= 4 is 5.78 Å². The van der Waals surface area contributed by atoms with Gasteiger partial charge < -0.3 is 5.11 Å². The summed E-state index contributed by atoms with van der Waals surface area (Å²) in [6.07, 6.45) is -4.29. The number of halogens is 3. The van der Waals surface area contributed by atoms with Crippen LogP contribution in [0.25, 0.3) is 0 Å². The van der Waals surface area contributed by atoms with E-state index in [1.54, 1.807) is 24.3 Å². The summed E-state index contributed by atoms with van der Waals surface area (Å²) >= 11 is 0. The minimum atomic E-state index is -4.40. The van der Waals surface area contributed by atoms with Gasteiger partial charge in [0.25, 0.3) is 0 Å². The molecule has 0 aliphatic rings. The summed E-state index contributed by atoms with van der Waals surface area (Å²) in [7, 11) is 0. The number of ketones is 1. The van der Waals surface area contributed by atoms with Crippen molar-refractivity contribution in [3.63, 3.8) is 0 Å². The van der Waals surface area contributed by atoms with Crippen LogP contribution in [0.3, 0.4) is 0 Å². The molecule has 2 rings (SSSR count). The average molecular weight is 294 g/mol. The highest BCUT2D eigenvalue weighted by atomic mass is 19.4. The molecule has 2 aromatic rings. The molecule has 0 aliphatic heterocycles. The van der Waals surface area contributed by atoms with Gasteiger partial charge in [0.15, 0.2) is 5.78 Å². The molecule has 0 aromatic heterocycles. The fourth-order valence-electron chi connectivity index (χ4n) is 1.90. The number of aliphatic hydroxyl groups is 1. The normalized spacial score (nSPS) is 11.4. The Hall–Kier alpha value is -2.14. The van der Waals surface area contributed by atoms with E-state index < -0.39 is 11.7 Å². The Morgan fingerprint density at radius 1 is 0.905 bits per heavy atom. The van der Waals surface area contributed by atoms with Crippen molar-refractivity contribution in [3.05, 3.63) is 70.8 Å². The molecule has 2 nitrogen and oxygen atoms in total. The number of carbonyl (C=O) groups is 1. The third kappa shape index (κ3) is 3.92. The van der Waals surface area contributed by atoms with Crippen LogP contribution in [0.5, 0.6) is 0 Å². The van der Waals surface area contributed by atoms with Gasteiger partial charge in [-0.05, 0) is 23.3 Å². The van der Waals surface area contributed by atoms with Gasteiger partial charge >= 0.3 is 6.18 Å². The lowest BCUT2D eigenvalue weighted by atomic mass is 10.0. The van der Waals surface area contributed by atoms with E-state index in [2.05, 4.69) is 0 Å². The largest absolute Gasteiger partial charge is 0.416 e. The standard InChI is InChI=1S/C16H13F3O2/c17-16(18,19)14-7-5-13(6-8-14)15(21)9-11-1-3-12(10-20)4-2-11/h1-8,20H,9-10H2. The number of Topliss-reactive ketones (excluding diaryl/α,β-unsaturated/α-hetero) is 1. The van der Waals surface area contributed by atoms with Gasteiger partial charge in [-0.25, -0.2) is 0 Å². The topological polar surface area (TPSA) is 37.3 Å². The van der Waals surface area contributed by atoms with Crippen LogP contribution in [0.2, 0.25) is 0 Å². The molecule has 21 heavy (non-hydrogen) atoms. The lowest BCUT2D eigenvalue weighted by molar-refractivity contribution is -0.137. The second-order valence-corrected chi connectivity index (χ2v) is 4.65. The highest BCUT2D eigenvalue weighted by Gasteiger charge is 2.30. The lowest BCUT2D eigenvalue weighted by Gasteiger charge is -2.07. The van der Waals surface area contributed by atoms with Gasteiger partial charge in [-0.1, -0.05) is 36.4 Å². The summed E-state index contributed by atoms with van der Waals surface area (Å²) in [6, 6.07) is 11.0. The molecule has 0 saturated carbocycles. The zero-order valence-corrected chi connectivity index (χ0v) is 11.0. The van der Waals surface area contributed by atoms with Gasteiger partial charge in [-0.15, -0.1) is 0 Å². The molecule has 0 amide bonds. The number of carbonyl (C=O) groups excluding carboxylic acids is 1. The molecule has 0 radical (unpaired) electrons. The number of alkyl halides is 3. The molecule has 0 aliphatic carbocycles. The summed E-state index contributed by atoms with van der Waals surface area (Å²) in [5, 5.41) is 8.92. The predicted octanol–water partition coefficient (Wildman–Crippen LogP) is 3.62. The van der Waals surface area contributed by atoms with Gasteiger partial charge in [0.05, 0.1) is 12.2 Å². The van der Waals surface area contributed by atoms with Gasteiger partial charge in [0.1, 0.15) is 0 Å². The highest BCUT2D eigenvalue weighted by molar-refractivity contribution is 5.97. The third-order valence-corrected chi connectivity index (χ3v) is 3.10. The smallest absolute Gasteiger partial charge is 0.392 e. The summed E-state index contributed by atoms with van der Waals surface area (Å²) < 4.78 is 37.3. The summed E-state index contributed by atoms with van der Waals surface area (Å²) in [4.78, 5) is 12.0. The Morgan fingerprint density at radius 2 is 1.43 bits per heavy atom. The van der Waals surface area contributed by atoms with Crippen LogP contribution in [-0.4, -0.2) is 10.9 Å². The van der Waals surface area contributed by atoms with E-state index >= 15 is 0 Å². The first-order valence-corrected chi connectivity index (χ1v) is 6.29. The molecule has 0 saturated heterocycles. The maximum Gasteiger partial charge on any atom is 0.416 e. The maximum absolute atomic E-state index is 12.4. The number of hydrogen-bond donors (Lipinski definition) is 1. The summed E-state index contributed by atoms with van der Waals surface area (Å²) in [5.41, 5.74) is 0.957. The number of benzene rings is 2. The maximum atomic E-state index is 12.4. The van der Waals surface area contributed by atoms with Crippen molar-refractivity contribution < 1.29 is 23.1 Å². The average Bonchev–Trinajstić information content (AvgIpc) is 2.47. The van der Waals surface area contributed by atoms with Crippen LogP contribution in [0.4, 0.5) is 13.2 Å². The van der Waals surface area contributed by atoms with Crippen molar-refractivity contribution in [2.24, 2.45) is 0 Å². The monoisotopic (exact) mass is 294 g/mol. The van der Waals surface area contributed by atoms with Crippen molar-refractivity contribution in [1.82, 2.24) is 0 Å². The summed E-state index contributed by atoms with van der Waals surface area (Å²) in [6.45, 7) is -0.0763. The van der Waals surface area contributed by atoms with E-state index in [9.17, 15) is 18.0 Å². The lowest BCUT2D eigenvalue weighted by Crippen LogP contribution is -2.07. The molecule has 0 bridgehead atoms. The van der Waals surface area contributed by atoms with Crippen molar-refractivity contribution in [2.45, 2.75) is 19.2 Å². The molecule has 0 heterocycles. The molecule has 0 atom stereocenters. The minimum absolute atomic E-state index is 0.0763. The molecule has 5 heteroatoms. The van der Waals surface area contributed by atoms with Crippen LogP contribution in [0.1, 0.15) is 27.0 Å². The van der Waals surface area contributed by atoms with Gasteiger partial charge in [0, 0.05) is 12.0 Å². The minimum Gasteiger partial charge on any atom is -0.392 e. The quantitative estimate of drug-likeness (QED) is 0.874. The van der Waals surface area contributed by atoms with E-state index in [4.69, 9.17) is 5.11 Å².